The monoisotopic (exact) mass is 270 g/mol. The van der Waals surface area contributed by atoms with E-state index in [1.165, 1.54) is 32.8 Å². The summed E-state index contributed by atoms with van der Waals surface area (Å²) in [6, 6.07) is 0. The van der Waals surface area contributed by atoms with Gasteiger partial charge >= 0.3 is 5.97 Å². The molecule has 0 rings (SSSR count). The molecule has 0 unspecified atom stereocenters. The second-order valence-electron chi connectivity index (χ2n) is 4.93. The second kappa shape index (κ2) is 15.2. The van der Waals surface area contributed by atoms with E-state index >= 15 is 0 Å². The van der Waals surface area contributed by atoms with Crippen molar-refractivity contribution in [1.82, 2.24) is 0 Å². The molecule has 0 saturated carbocycles. The van der Waals surface area contributed by atoms with Gasteiger partial charge in [0.1, 0.15) is 0 Å². The van der Waals surface area contributed by atoms with Gasteiger partial charge in [-0.2, -0.15) is 0 Å². The third-order valence-electron chi connectivity index (χ3n) is 3.17. The Morgan fingerprint density at radius 2 is 1.42 bits per heavy atom. The van der Waals surface area contributed by atoms with Gasteiger partial charge in [0.25, 0.3) is 0 Å². The Morgan fingerprint density at radius 1 is 0.895 bits per heavy atom. The van der Waals surface area contributed by atoms with Gasteiger partial charge < -0.3 is 9.84 Å². The van der Waals surface area contributed by atoms with Crippen LogP contribution in [0.2, 0.25) is 0 Å². The minimum Gasteiger partial charge on any atom is -0.469 e. The molecule has 3 nitrogen and oxygen atoms in total. The zero-order valence-corrected chi connectivity index (χ0v) is 12.4. The minimum absolute atomic E-state index is 0.0962. The number of allylic oxidation sites excluding steroid dienone is 2. The maximum absolute atomic E-state index is 10.9. The molecule has 19 heavy (non-hydrogen) atoms. The third kappa shape index (κ3) is 15.1. The number of hydrogen-bond donors (Lipinski definition) is 1. The van der Waals surface area contributed by atoms with Crippen molar-refractivity contribution in [3.05, 3.63) is 12.2 Å². The Balaban J connectivity index is 3.10. The first-order chi connectivity index (χ1) is 9.31. The average Bonchev–Trinajstić information content (AvgIpc) is 2.43. The van der Waals surface area contributed by atoms with Crippen molar-refractivity contribution in [2.75, 3.05) is 13.7 Å². The van der Waals surface area contributed by atoms with Crippen LogP contribution in [0.5, 0.6) is 0 Å². The normalized spacial score (nSPS) is 11.1. The van der Waals surface area contributed by atoms with Gasteiger partial charge in [0, 0.05) is 13.0 Å². The number of aliphatic hydroxyl groups is 1. The third-order valence-corrected chi connectivity index (χ3v) is 3.17. The molecule has 0 atom stereocenters. The Labute approximate surface area is 118 Å². The number of carbonyl (C=O) groups excluding carboxylic acids is 1. The molecule has 0 bridgehead atoms. The van der Waals surface area contributed by atoms with Crippen molar-refractivity contribution >= 4 is 5.97 Å². The largest absolute Gasteiger partial charge is 0.469 e. The van der Waals surface area contributed by atoms with Crippen LogP contribution in [0, 0.1) is 0 Å². The lowest BCUT2D eigenvalue weighted by molar-refractivity contribution is -0.140. The van der Waals surface area contributed by atoms with Crippen molar-refractivity contribution in [3.8, 4) is 0 Å². The highest BCUT2D eigenvalue weighted by molar-refractivity contribution is 5.68. The molecule has 0 radical (unpaired) electrons. The summed E-state index contributed by atoms with van der Waals surface area (Å²) in [6.07, 6.45) is 16.4. The van der Waals surface area contributed by atoms with Crippen molar-refractivity contribution in [1.29, 1.82) is 0 Å². The number of carbonyl (C=O) groups is 1. The van der Waals surface area contributed by atoms with Crippen LogP contribution in [0.4, 0.5) is 0 Å². The molecule has 1 N–H and O–H groups in total. The number of aliphatic hydroxyl groups excluding tert-OH is 1. The number of methoxy groups -OCH3 is 1. The van der Waals surface area contributed by atoms with Crippen LogP contribution < -0.4 is 0 Å². The van der Waals surface area contributed by atoms with Crippen molar-refractivity contribution in [2.45, 2.75) is 70.6 Å². The summed E-state index contributed by atoms with van der Waals surface area (Å²) < 4.78 is 4.59. The summed E-state index contributed by atoms with van der Waals surface area (Å²) in [5, 5.41) is 8.63. The van der Waals surface area contributed by atoms with E-state index in [2.05, 4.69) is 16.9 Å². The van der Waals surface area contributed by atoms with Gasteiger partial charge in [0.05, 0.1) is 7.11 Å². The summed E-state index contributed by atoms with van der Waals surface area (Å²) in [6.45, 7) is 0.325. The zero-order valence-electron chi connectivity index (χ0n) is 12.4. The maximum Gasteiger partial charge on any atom is 0.305 e. The highest BCUT2D eigenvalue weighted by Gasteiger charge is 1.98. The zero-order chi connectivity index (χ0) is 14.2. The van der Waals surface area contributed by atoms with E-state index in [1.807, 2.05) is 0 Å². The van der Waals surface area contributed by atoms with Crippen LogP contribution in [0.1, 0.15) is 70.6 Å². The van der Waals surface area contributed by atoms with E-state index in [4.69, 9.17) is 5.11 Å². The molecule has 0 aliphatic heterocycles. The molecule has 0 aromatic rings. The van der Waals surface area contributed by atoms with Crippen molar-refractivity contribution in [3.63, 3.8) is 0 Å². The quantitative estimate of drug-likeness (QED) is 0.312. The maximum atomic E-state index is 10.9. The van der Waals surface area contributed by atoms with Gasteiger partial charge in [-0.25, -0.2) is 0 Å². The number of ether oxygens (including phenoxy) is 1. The first-order valence-electron chi connectivity index (χ1n) is 7.64. The van der Waals surface area contributed by atoms with Crippen LogP contribution in [-0.2, 0) is 9.53 Å². The van der Waals surface area contributed by atoms with Crippen LogP contribution in [0.15, 0.2) is 12.2 Å². The van der Waals surface area contributed by atoms with Gasteiger partial charge in [0.15, 0.2) is 0 Å². The highest BCUT2D eigenvalue weighted by Crippen LogP contribution is 2.08. The lowest BCUT2D eigenvalue weighted by Crippen LogP contribution is -1.98. The summed E-state index contributed by atoms with van der Waals surface area (Å²) >= 11 is 0. The van der Waals surface area contributed by atoms with E-state index in [1.54, 1.807) is 0 Å². The number of unbranched alkanes of at least 4 members (excludes halogenated alkanes) is 8. The van der Waals surface area contributed by atoms with E-state index < -0.39 is 0 Å². The molecular weight excluding hydrogens is 240 g/mol. The molecular formula is C16H30O3. The number of esters is 1. The molecule has 0 spiro atoms. The Kier molecular flexibility index (Phi) is 14.6. The fourth-order valence-corrected chi connectivity index (χ4v) is 1.95. The molecule has 0 aliphatic carbocycles. The Bertz CT molecular complexity index is 224. The fourth-order valence-electron chi connectivity index (χ4n) is 1.95. The van der Waals surface area contributed by atoms with Gasteiger partial charge in [-0.3, -0.25) is 4.79 Å². The smallest absolute Gasteiger partial charge is 0.305 e. The minimum atomic E-state index is -0.0962. The van der Waals surface area contributed by atoms with Crippen LogP contribution >= 0.6 is 0 Å². The van der Waals surface area contributed by atoms with Gasteiger partial charge in [-0.15, -0.1) is 0 Å². The van der Waals surface area contributed by atoms with E-state index in [0.29, 0.717) is 13.0 Å². The topological polar surface area (TPSA) is 46.5 Å². The SMILES string of the molecule is COC(=O)CCCCCC/C=C/CCCCCCO. The van der Waals surface area contributed by atoms with Crippen LogP contribution in [0.3, 0.4) is 0 Å². The van der Waals surface area contributed by atoms with E-state index in [9.17, 15) is 4.79 Å². The second-order valence-corrected chi connectivity index (χ2v) is 4.93. The molecule has 0 aromatic carbocycles. The lowest BCUT2D eigenvalue weighted by atomic mass is 10.1. The van der Waals surface area contributed by atoms with E-state index in [0.717, 1.165) is 38.5 Å². The molecule has 0 fully saturated rings. The number of rotatable bonds is 13. The molecule has 3 heteroatoms. The predicted molar refractivity (Wildman–Crippen MR) is 79.0 cm³/mol. The molecule has 112 valence electrons. The van der Waals surface area contributed by atoms with Crippen molar-refractivity contribution < 1.29 is 14.6 Å². The molecule has 0 amide bonds. The molecule has 0 heterocycles. The lowest BCUT2D eigenvalue weighted by Gasteiger charge is -1.99. The average molecular weight is 270 g/mol. The molecule has 0 aliphatic rings. The predicted octanol–water partition coefficient (Wildman–Crippen LogP) is 4.00. The van der Waals surface area contributed by atoms with Gasteiger partial charge in [-0.1, -0.05) is 37.8 Å². The standard InChI is InChI=1S/C16H30O3/c1-19-16(18)14-12-10-8-6-4-2-3-5-7-9-11-13-15-17/h2-3,17H,4-15H2,1H3/b3-2+. The Hall–Kier alpha value is -0.830. The van der Waals surface area contributed by atoms with Crippen molar-refractivity contribution in [2.24, 2.45) is 0 Å². The Morgan fingerprint density at radius 3 is 1.95 bits per heavy atom. The fraction of sp³-hybridized carbons (Fsp3) is 0.812. The highest BCUT2D eigenvalue weighted by atomic mass is 16.5. The van der Waals surface area contributed by atoms with E-state index in [-0.39, 0.29) is 5.97 Å². The van der Waals surface area contributed by atoms with Crippen LogP contribution in [-0.4, -0.2) is 24.8 Å². The summed E-state index contributed by atoms with van der Waals surface area (Å²) in [4.78, 5) is 10.9. The van der Waals surface area contributed by atoms with Gasteiger partial charge in [-0.05, 0) is 38.5 Å². The molecule has 0 saturated heterocycles. The first kappa shape index (κ1) is 18.2. The number of hydrogen-bond acceptors (Lipinski definition) is 3. The summed E-state index contributed by atoms with van der Waals surface area (Å²) in [7, 11) is 1.44. The summed E-state index contributed by atoms with van der Waals surface area (Å²) in [5.41, 5.74) is 0. The van der Waals surface area contributed by atoms with Gasteiger partial charge in [0.2, 0.25) is 0 Å². The summed E-state index contributed by atoms with van der Waals surface area (Å²) in [5.74, 6) is -0.0962. The first-order valence-corrected chi connectivity index (χ1v) is 7.64. The molecule has 0 aromatic heterocycles. The van der Waals surface area contributed by atoms with Crippen LogP contribution in [0.25, 0.3) is 0 Å².